The maximum absolute atomic E-state index is 2.34. The first kappa shape index (κ1) is 14.9. The van der Waals surface area contributed by atoms with Gasteiger partial charge in [0.15, 0.2) is 47.8 Å². The lowest BCUT2D eigenvalue weighted by Crippen LogP contribution is -2.05. The third-order valence-corrected chi connectivity index (χ3v) is 10.4. The lowest BCUT2D eigenvalue weighted by molar-refractivity contribution is -0.267. The van der Waals surface area contributed by atoms with Crippen molar-refractivity contribution in [1.29, 1.82) is 0 Å². The van der Waals surface area contributed by atoms with E-state index < -0.39 is 0 Å². The van der Waals surface area contributed by atoms with Gasteiger partial charge in [-0.1, -0.05) is 50.6 Å². The van der Waals surface area contributed by atoms with E-state index in [1.165, 1.54) is 41.1 Å². The van der Waals surface area contributed by atoms with Crippen LogP contribution in [-0.2, 0) is 0 Å². The first-order valence-electron chi connectivity index (χ1n) is 8.01. The second-order valence-corrected chi connectivity index (χ2v) is 12.2. The molecular formula is C20H12NS4+. The zero-order valence-electron chi connectivity index (χ0n) is 13.0. The fourth-order valence-corrected chi connectivity index (χ4v) is 9.79. The van der Waals surface area contributed by atoms with Crippen LogP contribution in [0.5, 0.6) is 0 Å². The normalized spacial score (nSPS) is 17.3. The maximum atomic E-state index is 2.34. The summed E-state index contributed by atoms with van der Waals surface area (Å²) < 4.78 is 0.845. The summed E-state index contributed by atoms with van der Waals surface area (Å²) in [7, 11) is 0. The monoisotopic (exact) mass is 394 g/mol. The van der Waals surface area contributed by atoms with Crippen molar-refractivity contribution in [1.82, 2.24) is 0 Å². The highest BCUT2D eigenvalue weighted by Crippen LogP contribution is 2.71. The fourth-order valence-electron chi connectivity index (χ4n) is 3.28. The molecule has 2 aliphatic heterocycles. The molecule has 4 aromatic carbocycles. The summed E-state index contributed by atoms with van der Waals surface area (Å²) in [5.74, 6) is 0. The maximum Gasteiger partial charge on any atom is 0.153 e. The van der Waals surface area contributed by atoms with Crippen molar-refractivity contribution in [3.05, 3.63) is 72.8 Å². The zero-order valence-corrected chi connectivity index (χ0v) is 16.3. The second-order valence-electron chi connectivity index (χ2n) is 6.10. The second kappa shape index (κ2) is 5.38. The Labute approximate surface area is 163 Å². The first-order valence-corrected chi connectivity index (χ1v) is 11.1. The highest BCUT2D eigenvalue weighted by molar-refractivity contribution is 8.31. The van der Waals surface area contributed by atoms with Gasteiger partial charge in [-0.05, 0) is 45.8 Å². The Kier molecular flexibility index (Phi) is 3.20. The lowest BCUT2D eigenvalue weighted by atomic mass is 10.1. The van der Waals surface area contributed by atoms with Crippen LogP contribution in [0.4, 0.5) is 0 Å². The average Bonchev–Trinajstić information content (AvgIpc) is 3.14. The van der Waals surface area contributed by atoms with Crippen molar-refractivity contribution in [2.45, 2.75) is 19.6 Å². The molecule has 0 fully saturated rings. The Morgan fingerprint density at radius 1 is 0.440 bits per heavy atom. The molecule has 1 nitrogen and oxygen atoms in total. The summed E-state index contributed by atoms with van der Waals surface area (Å²) in [5.41, 5.74) is 0. The van der Waals surface area contributed by atoms with Crippen LogP contribution in [0.2, 0.25) is 0 Å². The van der Waals surface area contributed by atoms with Gasteiger partial charge in [0.1, 0.15) is 0 Å². The van der Waals surface area contributed by atoms with E-state index >= 15 is 0 Å². The summed E-state index contributed by atoms with van der Waals surface area (Å²) in [6, 6.07) is 26.7. The summed E-state index contributed by atoms with van der Waals surface area (Å²) in [6.07, 6.45) is 0. The highest BCUT2D eigenvalue weighted by Gasteiger charge is 2.51. The van der Waals surface area contributed by atoms with Gasteiger partial charge in [-0.2, -0.15) is 0 Å². The van der Waals surface area contributed by atoms with Crippen LogP contribution in [0, 0.1) is 0 Å². The smallest absolute Gasteiger partial charge is 0.0621 e. The minimum Gasteiger partial charge on any atom is -0.0621 e. The number of fused-ring (bicyclic) bond motifs is 4. The largest absolute Gasteiger partial charge is 0.153 e. The van der Waals surface area contributed by atoms with Crippen LogP contribution in [0.15, 0.2) is 92.4 Å². The molecule has 0 saturated carbocycles. The van der Waals surface area contributed by atoms with E-state index in [2.05, 4.69) is 72.8 Å². The van der Waals surface area contributed by atoms with E-state index in [-0.39, 0.29) is 0 Å². The van der Waals surface area contributed by atoms with E-state index in [1.807, 2.05) is 47.8 Å². The van der Waals surface area contributed by atoms with Crippen LogP contribution in [0.3, 0.4) is 0 Å². The standard InChI is InChI=1S/C20H12NS4/c1-2-6-14-10-18-17(9-13(14)5-1)22-21(23-18)24-19-11-15-7-3-4-8-16(15)12-20(19)25-21/h1-12H/q+1. The Morgan fingerprint density at radius 2 is 0.720 bits per heavy atom. The molecule has 0 amide bonds. The van der Waals surface area contributed by atoms with Crippen molar-refractivity contribution in [2.24, 2.45) is 0 Å². The lowest BCUT2D eigenvalue weighted by Gasteiger charge is -2.14. The number of hydrogen-bond acceptors (Lipinski definition) is 4. The average molecular weight is 395 g/mol. The quantitative estimate of drug-likeness (QED) is 0.223. The molecule has 0 bridgehead atoms. The molecule has 4 aromatic rings. The van der Waals surface area contributed by atoms with Crippen LogP contribution < -0.4 is 0 Å². The van der Waals surface area contributed by atoms with Crippen molar-refractivity contribution in [2.75, 3.05) is 0 Å². The molecule has 2 aliphatic rings. The molecule has 0 atom stereocenters. The molecule has 5 heteroatoms. The molecule has 0 aliphatic carbocycles. The van der Waals surface area contributed by atoms with Crippen LogP contribution in [0.1, 0.15) is 0 Å². The molecule has 0 saturated heterocycles. The van der Waals surface area contributed by atoms with Gasteiger partial charge in [0.2, 0.25) is 0 Å². The van der Waals surface area contributed by atoms with E-state index in [0.29, 0.717) is 0 Å². The summed E-state index contributed by atoms with van der Waals surface area (Å²) in [4.78, 5) is 5.56. The molecule has 1 spiro atoms. The van der Waals surface area contributed by atoms with Crippen LogP contribution in [-0.4, -0.2) is 2.10 Å². The van der Waals surface area contributed by atoms with Crippen molar-refractivity contribution < 1.29 is 2.10 Å². The van der Waals surface area contributed by atoms with Crippen LogP contribution >= 0.6 is 47.8 Å². The van der Waals surface area contributed by atoms with Crippen molar-refractivity contribution in [3.8, 4) is 0 Å². The molecule has 2 heterocycles. The van der Waals surface area contributed by atoms with Crippen molar-refractivity contribution in [3.63, 3.8) is 0 Å². The number of quaternary nitrogens is 1. The van der Waals surface area contributed by atoms with Gasteiger partial charge in [-0.3, -0.25) is 0 Å². The summed E-state index contributed by atoms with van der Waals surface area (Å²) in [5, 5.41) is 5.30. The molecule has 120 valence electrons. The molecule has 6 rings (SSSR count). The molecule has 0 aromatic heterocycles. The molecular weight excluding hydrogens is 382 g/mol. The SMILES string of the molecule is c1ccc2cc3c(cc2c1)S[N+]1(S3)Sc2cc3ccccc3cc2S1. The number of rotatable bonds is 0. The fraction of sp³-hybridized carbons (Fsp3) is 0. The van der Waals surface area contributed by atoms with E-state index in [0.717, 1.165) is 2.10 Å². The van der Waals surface area contributed by atoms with Gasteiger partial charge in [-0.15, -0.1) is 0 Å². The molecule has 0 radical (unpaired) electrons. The van der Waals surface area contributed by atoms with E-state index in [4.69, 9.17) is 0 Å². The van der Waals surface area contributed by atoms with Gasteiger partial charge in [-0.25, -0.2) is 0 Å². The molecule has 0 N–H and O–H groups in total. The summed E-state index contributed by atoms with van der Waals surface area (Å²) >= 11 is 7.80. The topological polar surface area (TPSA) is 0 Å². The van der Waals surface area contributed by atoms with Gasteiger partial charge in [0, 0.05) is 0 Å². The predicted molar refractivity (Wildman–Crippen MR) is 112 cm³/mol. The minimum atomic E-state index is 0.845. The Balaban J connectivity index is 1.43. The van der Waals surface area contributed by atoms with Crippen molar-refractivity contribution >= 4 is 69.3 Å². The van der Waals surface area contributed by atoms with E-state index in [9.17, 15) is 0 Å². The molecule has 25 heavy (non-hydrogen) atoms. The van der Waals surface area contributed by atoms with Gasteiger partial charge in [0.05, 0.1) is 19.6 Å². The highest BCUT2D eigenvalue weighted by atomic mass is 32.3. The first-order chi connectivity index (χ1) is 12.3. The summed E-state index contributed by atoms with van der Waals surface area (Å²) in [6.45, 7) is 0. The Morgan fingerprint density at radius 3 is 1.00 bits per heavy atom. The minimum absolute atomic E-state index is 0.845. The predicted octanol–water partition coefficient (Wildman–Crippen LogP) is 7.57. The van der Waals surface area contributed by atoms with Crippen LogP contribution in [0.25, 0.3) is 21.5 Å². The third kappa shape index (κ3) is 2.34. The van der Waals surface area contributed by atoms with Gasteiger partial charge in [0.25, 0.3) is 0 Å². The zero-order chi connectivity index (χ0) is 16.4. The van der Waals surface area contributed by atoms with Gasteiger partial charge >= 0.3 is 0 Å². The number of hydrogen-bond donors (Lipinski definition) is 0. The third-order valence-electron chi connectivity index (χ3n) is 4.46. The molecule has 0 unspecified atom stereocenters. The van der Waals surface area contributed by atoms with Gasteiger partial charge < -0.3 is 0 Å². The Hall–Kier alpha value is -1.24. The number of nitrogens with zero attached hydrogens (tertiary/aromatic N) is 1. The Bertz CT molecular complexity index is 985. The number of benzene rings is 4. The van der Waals surface area contributed by atoms with E-state index in [1.54, 1.807) is 0 Å².